The average Bonchev–Trinajstić information content (AvgIpc) is 2.84. The molecule has 0 bridgehead atoms. The minimum Gasteiger partial charge on any atom is -0.205 e. The van der Waals surface area contributed by atoms with Crippen LogP contribution >= 0.6 is 27.5 Å². The molecule has 17 heavy (non-hydrogen) atoms. The molecule has 0 aromatic heterocycles. The molecule has 0 saturated heterocycles. The van der Waals surface area contributed by atoms with E-state index in [0.29, 0.717) is 5.92 Å². The van der Waals surface area contributed by atoms with E-state index in [0.717, 1.165) is 23.2 Å². The highest BCUT2D eigenvalue weighted by Gasteiger charge is 2.24. The summed E-state index contributed by atoms with van der Waals surface area (Å²) in [5, 5.41) is 1.26. The van der Waals surface area contributed by atoms with Crippen LogP contribution in [0.4, 0.5) is 4.39 Å². The van der Waals surface area contributed by atoms with Crippen molar-refractivity contribution in [2.75, 3.05) is 5.33 Å². The molecule has 0 nitrogen and oxygen atoms in total. The Morgan fingerprint density at radius 2 is 2.06 bits per heavy atom. The van der Waals surface area contributed by atoms with Gasteiger partial charge in [0.2, 0.25) is 0 Å². The smallest absolute Gasteiger partial charge is 0.141 e. The van der Waals surface area contributed by atoms with Crippen molar-refractivity contribution in [2.24, 2.45) is 11.8 Å². The van der Waals surface area contributed by atoms with Crippen LogP contribution in [-0.4, -0.2) is 5.33 Å². The van der Waals surface area contributed by atoms with E-state index in [4.69, 9.17) is 11.6 Å². The maximum atomic E-state index is 13.1. The van der Waals surface area contributed by atoms with Gasteiger partial charge in [0.15, 0.2) is 0 Å². The molecule has 94 valence electrons. The molecule has 3 heteroatoms. The van der Waals surface area contributed by atoms with Gasteiger partial charge < -0.3 is 0 Å². The standard InChI is InChI=1S/C14H17BrClF/c15-9-12(11-3-1-2-4-11)7-10-5-6-14(17)13(16)8-10/h5-6,8,11-12H,1-4,7,9H2. The van der Waals surface area contributed by atoms with Crippen LogP contribution in [0.25, 0.3) is 0 Å². The summed E-state index contributed by atoms with van der Waals surface area (Å²) < 4.78 is 13.1. The fraction of sp³-hybridized carbons (Fsp3) is 0.571. The second-order valence-electron chi connectivity index (χ2n) is 4.91. The number of hydrogen-bond acceptors (Lipinski definition) is 0. The quantitative estimate of drug-likeness (QED) is 0.667. The summed E-state index contributed by atoms with van der Waals surface area (Å²) in [5.74, 6) is 1.14. The summed E-state index contributed by atoms with van der Waals surface area (Å²) >= 11 is 9.42. The Hall–Kier alpha value is -0.0800. The number of benzene rings is 1. The van der Waals surface area contributed by atoms with Crippen LogP contribution in [0.3, 0.4) is 0 Å². The van der Waals surface area contributed by atoms with Gasteiger partial charge in [-0.25, -0.2) is 4.39 Å². The van der Waals surface area contributed by atoms with Crippen LogP contribution in [0.15, 0.2) is 18.2 Å². The van der Waals surface area contributed by atoms with Gasteiger partial charge in [0.1, 0.15) is 5.82 Å². The second-order valence-corrected chi connectivity index (χ2v) is 5.97. The first-order valence-electron chi connectivity index (χ1n) is 6.20. The van der Waals surface area contributed by atoms with Crippen molar-refractivity contribution in [3.05, 3.63) is 34.6 Å². The zero-order valence-electron chi connectivity index (χ0n) is 9.76. The molecule has 1 fully saturated rings. The van der Waals surface area contributed by atoms with E-state index >= 15 is 0 Å². The van der Waals surface area contributed by atoms with E-state index < -0.39 is 0 Å². The molecule has 0 radical (unpaired) electrons. The summed E-state index contributed by atoms with van der Waals surface area (Å²) in [6.45, 7) is 0. The molecular weight excluding hydrogens is 303 g/mol. The van der Waals surface area contributed by atoms with Crippen LogP contribution in [-0.2, 0) is 6.42 Å². The lowest BCUT2D eigenvalue weighted by atomic mass is 9.87. The highest BCUT2D eigenvalue weighted by Crippen LogP contribution is 2.34. The Morgan fingerprint density at radius 3 is 2.65 bits per heavy atom. The normalized spacial score (nSPS) is 18.5. The largest absolute Gasteiger partial charge is 0.205 e. The molecule has 1 unspecified atom stereocenters. The van der Waals surface area contributed by atoms with Crippen molar-refractivity contribution in [1.29, 1.82) is 0 Å². The van der Waals surface area contributed by atoms with Crippen molar-refractivity contribution in [3.8, 4) is 0 Å². The van der Waals surface area contributed by atoms with E-state index in [1.165, 1.54) is 31.7 Å². The van der Waals surface area contributed by atoms with E-state index in [2.05, 4.69) is 15.9 Å². The zero-order chi connectivity index (χ0) is 12.3. The highest BCUT2D eigenvalue weighted by atomic mass is 79.9. The lowest BCUT2D eigenvalue weighted by Gasteiger charge is -2.21. The number of rotatable bonds is 4. The van der Waals surface area contributed by atoms with Gasteiger partial charge in [0.05, 0.1) is 5.02 Å². The first-order chi connectivity index (χ1) is 8.20. The molecule has 1 aliphatic rings. The molecule has 2 rings (SSSR count). The third kappa shape index (κ3) is 3.45. The topological polar surface area (TPSA) is 0 Å². The summed E-state index contributed by atoms with van der Waals surface area (Å²) in [7, 11) is 0. The minimum absolute atomic E-state index is 0.238. The molecule has 1 aromatic rings. The maximum Gasteiger partial charge on any atom is 0.141 e. The van der Waals surface area contributed by atoms with Crippen molar-refractivity contribution in [1.82, 2.24) is 0 Å². The Labute approximate surface area is 116 Å². The van der Waals surface area contributed by atoms with Gasteiger partial charge in [0.25, 0.3) is 0 Å². The number of halogens is 3. The monoisotopic (exact) mass is 318 g/mol. The van der Waals surface area contributed by atoms with E-state index in [1.54, 1.807) is 6.07 Å². The molecule has 1 atom stereocenters. The van der Waals surface area contributed by atoms with Gasteiger partial charge >= 0.3 is 0 Å². The van der Waals surface area contributed by atoms with Crippen molar-refractivity contribution >= 4 is 27.5 Å². The Morgan fingerprint density at radius 1 is 1.35 bits per heavy atom. The SMILES string of the molecule is Fc1ccc(CC(CBr)C2CCCC2)cc1Cl. The third-order valence-electron chi connectivity index (χ3n) is 3.75. The van der Waals surface area contributed by atoms with Crippen molar-refractivity contribution in [2.45, 2.75) is 32.1 Å². The van der Waals surface area contributed by atoms with Gasteiger partial charge in [-0.2, -0.15) is 0 Å². The molecule has 1 aromatic carbocycles. The summed E-state index contributed by atoms with van der Waals surface area (Å²) in [6, 6.07) is 5.09. The molecule has 0 aliphatic heterocycles. The molecule has 1 saturated carbocycles. The Bertz CT molecular complexity index is 374. The highest BCUT2D eigenvalue weighted by molar-refractivity contribution is 9.09. The van der Waals surface area contributed by atoms with E-state index in [9.17, 15) is 4.39 Å². The second kappa shape index (κ2) is 6.19. The summed E-state index contributed by atoms with van der Waals surface area (Å²) in [5.41, 5.74) is 1.15. The van der Waals surface area contributed by atoms with E-state index in [-0.39, 0.29) is 10.8 Å². The van der Waals surface area contributed by atoms with Crippen LogP contribution in [0.2, 0.25) is 5.02 Å². The summed E-state index contributed by atoms with van der Waals surface area (Å²) in [4.78, 5) is 0. The Kier molecular flexibility index (Phi) is 4.87. The third-order valence-corrected chi connectivity index (χ3v) is 4.87. The lowest BCUT2D eigenvalue weighted by molar-refractivity contribution is 0.373. The van der Waals surface area contributed by atoms with Gasteiger partial charge in [-0.15, -0.1) is 0 Å². The first-order valence-corrected chi connectivity index (χ1v) is 7.70. The molecule has 0 amide bonds. The van der Waals surface area contributed by atoms with E-state index in [1.807, 2.05) is 6.07 Å². The Balaban J connectivity index is 2.04. The molecule has 0 heterocycles. The molecule has 0 spiro atoms. The van der Waals surface area contributed by atoms with Crippen LogP contribution < -0.4 is 0 Å². The van der Waals surface area contributed by atoms with Crippen molar-refractivity contribution < 1.29 is 4.39 Å². The number of alkyl halides is 1. The predicted octanol–water partition coefficient (Wildman–Crippen LogP) is 5.22. The van der Waals surface area contributed by atoms with Gasteiger partial charge in [-0.05, 0) is 36.0 Å². The minimum atomic E-state index is -0.327. The fourth-order valence-corrected chi connectivity index (χ4v) is 3.71. The van der Waals surface area contributed by atoms with Crippen LogP contribution in [0, 0.1) is 17.7 Å². The van der Waals surface area contributed by atoms with Crippen LogP contribution in [0.1, 0.15) is 31.2 Å². The van der Waals surface area contributed by atoms with Gasteiger partial charge in [-0.3, -0.25) is 0 Å². The van der Waals surface area contributed by atoms with Gasteiger partial charge in [-0.1, -0.05) is 59.3 Å². The lowest BCUT2D eigenvalue weighted by Crippen LogP contribution is -2.16. The average molecular weight is 320 g/mol. The fourth-order valence-electron chi connectivity index (χ4n) is 2.75. The first kappa shape index (κ1) is 13.4. The van der Waals surface area contributed by atoms with Gasteiger partial charge in [0, 0.05) is 5.33 Å². The predicted molar refractivity (Wildman–Crippen MR) is 74.4 cm³/mol. The molecule has 0 N–H and O–H groups in total. The molecule has 1 aliphatic carbocycles. The summed E-state index contributed by atoms with van der Waals surface area (Å²) in [6.07, 6.45) is 6.39. The zero-order valence-corrected chi connectivity index (χ0v) is 12.1. The van der Waals surface area contributed by atoms with Crippen LogP contribution in [0.5, 0.6) is 0 Å². The maximum absolute atomic E-state index is 13.1. The number of hydrogen-bond donors (Lipinski definition) is 0. The molecular formula is C14H17BrClF. The van der Waals surface area contributed by atoms with Crippen molar-refractivity contribution in [3.63, 3.8) is 0 Å².